The summed E-state index contributed by atoms with van der Waals surface area (Å²) in [5.41, 5.74) is 0. The highest BCUT2D eigenvalue weighted by Crippen LogP contribution is 1.90. The van der Waals surface area contributed by atoms with Gasteiger partial charge in [0, 0.05) is 0 Å². The van der Waals surface area contributed by atoms with E-state index in [0.717, 1.165) is 4.80 Å². The van der Waals surface area contributed by atoms with Gasteiger partial charge < -0.3 is 0 Å². The maximum atomic E-state index is 8.04. The normalized spacial score (nSPS) is 8.50. The first-order valence-electron chi connectivity index (χ1n) is 1.68. The van der Waals surface area contributed by atoms with Crippen molar-refractivity contribution in [1.29, 1.82) is 5.26 Å². The number of hydrogen-bond acceptors (Lipinski definition) is 4. The predicted molar refractivity (Wildman–Crippen MR) is 23.8 cm³/mol. The van der Waals surface area contributed by atoms with Crippen LogP contribution >= 0.6 is 11.6 Å². The molecule has 0 saturated heterocycles. The fourth-order valence-electron chi connectivity index (χ4n) is 0.240. The summed E-state index contributed by atoms with van der Waals surface area (Å²) < 4.78 is 0. The molecule has 0 bridgehead atoms. The van der Waals surface area contributed by atoms with E-state index >= 15 is 0 Å². The van der Waals surface area contributed by atoms with Crippen molar-refractivity contribution in [2.75, 3.05) is 0 Å². The maximum absolute atomic E-state index is 8.04. The first kappa shape index (κ1) is 5.00. The quantitative estimate of drug-likeness (QED) is 0.481. The Labute approximate surface area is 49.5 Å². The number of nitriles is 1. The number of tetrazole rings is 1. The van der Waals surface area contributed by atoms with E-state index in [0.29, 0.717) is 0 Å². The van der Waals surface area contributed by atoms with Crippen LogP contribution in [0.1, 0.15) is 0 Å². The van der Waals surface area contributed by atoms with Crippen LogP contribution in [-0.4, -0.2) is 20.2 Å². The summed E-state index contributed by atoms with van der Waals surface area (Å²) in [6.45, 7) is 0. The summed E-state index contributed by atoms with van der Waals surface area (Å²) in [7, 11) is 0. The van der Waals surface area contributed by atoms with E-state index in [4.69, 9.17) is 16.9 Å². The van der Waals surface area contributed by atoms with Crippen LogP contribution in [0.15, 0.2) is 0 Å². The summed E-state index contributed by atoms with van der Waals surface area (Å²) in [4.78, 5) is 0.725. The molecule has 0 fully saturated rings. The molecule has 0 atom stereocenters. The van der Waals surface area contributed by atoms with Crippen molar-refractivity contribution in [3.8, 4) is 6.19 Å². The van der Waals surface area contributed by atoms with Gasteiger partial charge in [0.25, 0.3) is 5.28 Å². The Morgan fingerprint density at radius 1 is 1.75 bits per heavy atom. The summed E-state index contributed by atoms with van der Waals surface area (Å²) in [6.07, 6.45) is 1.60. The number of nitrogens with zero attached hydrogens (tertiary/aromatic N) is 5. The smallest absolute Gasteiger partial charge is 0.169 e. The van der Waals surface area contributed by atoms with Crippen molar-refractivity contribution in [1.82, 2.24) is 20.2 Å². The second-order valence-electron chi connectivity index (χ2n) is 0.948. The monoisotopic (exact) mass is 129 g/mol. The van der Waals surface area contributed by atoms with Gasteiger partial charge in [0.2, 0.25) is 6.19 Å². The van der Waals surface area contributed by atoms with Crippen molar-refractivity contribution in [2.24, 2.45) is 0 Å². The van der Waals surface area contributed by atoms with E-state index in [9.17, 15) is 0 Å². The van der Waals surface area contributed by atoms with Gasteiger partial charge in [-0.2, -0.15) is 5.26 Å². The topological polar surface area (TPSA) is 67.4 Å². The number of aromatic nitrogens is 4. The standard InChI is InChI=1S/C2ClN5/c3-2-5-7-8(1-4)6-2. The van der Waals surface area contributed by atoms with Gasteiger partial charge in [-0.3, -0.25) is 0 Å². The van der Waals surface area contributed by atoms with E-state index in [2.05, 4.69) is 15.4 Å². The molecular formula is C2ClN5. The average Bonchev–Trinajstić information content (AvgIpc) is 2.14. The zero-order valence-electron chi connectivity index (χ0n) is 3.61. The minimum atomic E-state index is -0.0217. The first-order chi connectivity index (χ1) is 3.83. The molecule has 0 radical (unpaired) electrons. The summed E-state index contributed by atoms with van der Waals surface area (Å²) in [5.74, 6) is 0. The van der Waals surface area contributed by atoms with Crippen LogP contribution in [0.2, 0.25) is 5.28 Å². The largest absolute Gasteiger partial charge is 0.265 e. The van der Waals surface area contributed by atoms with E-state index in [1.807, 2.05) is 0 Å². The third-order valence-electron chi connectivity index (χ3n) is 0.479. The fourth-order valence-corrected chi connectivity index (χ4v) is 0.345. The van der Waals surface area contributed by atoms with Crippen molar-refractivity contribution >= 4 is 11.6 Å². The Morgan fingerprint density at radius 2 is 2.50 bits per heavy atom. The molecule has 6 heteroatoms. The Balaban J connectivity index is 3.05. The predicted octanol–water partition coefficient (Wildman–Crippen LogP) is -0.344. The molecular weight excluding hydrogens is 130 g/mol. The van der Waals surface area contributed by atoms with Crippen LogP contribution in [0.4, 0.5) is 0 Å². The molecule has 0 aliphatic carbocycles. The fraction of sp³-hybridized carbons (Fsp3) is 0. The third kappa shape index (κ3) is 0.741. The molecule has 5 nitrogen and oxygen atoms in total. The van der Waals surface area contributed by atoms with E-state index < -0.39 is 0 Å². The van der Waals surface area contributed by atoms with Gasteiger partial charge in [0.15, 0.2) is 0 Å². The zero-order chi connectivity index (χ0) is 5.98. The Kier molecular flexibility index (Phi) is 1.10. The highest BCUT2D eigenvalue weighted by atomic mass is 35.5. The molecule has 0 aliphatic rings. The highest BCUT2D eigenvalue weighted by molar-refractivity contribution is 6.28. The molecule has 0 aliphatic heterocycles. The van der Waals surface area contributed by atoms with E-state index in [1.54, 1.807) is 6.19 Å². The second kappa shape index (κ2) is 1.76. The molecule has 1 heterocycles. The molecule has 1 aromatic heterocycles. The highest BCUT2D eigenvalue weighted by Gasteiger charge is 1.93. The van der Waals surface area contributed by atoms with Gasteiger partial charge in [0.1, 0.15) is 0 Å². The average molecular weight is 130 g/mol. The zero-order valence-corrected chi connectivity index (χ0v) is 4.37. The van der Waals surface area contributed by atoms with Crippen molar-refractivity contribution < 1.29 is 0 Å². The van der Waals surface area contributed by atoms with Crippen LogP contribution in [0.25, 0.3) is 0 Å². The molecule has 0 amide bonds. The Bertz CT molecular complexity index is 221. The maximum Gasteiger partial charge on any atom is 0.265 e. The van der Waals surface area contributed by atoms with Gasteiger partial charge in [-0.25, -0.2) is 0 Å². The third-order valence-corrected chi connectivity index (χ3v) is 0.630. The SMILES string of the molecule is N#Cn1nnc(Cl)n1. The lowest BCUT2D eigenvalue weighted by Crippen LogP contribution is -1.91. The lowest BCUT2D eigenvalue weighted by Gasteiger charge is -1.68. The van der Waals surface area contributed by atoms with Crippen molar-refractivity contribution in [2.45, 2.75) is 0 Å². The van der Waals surface area contributed by atoms with Crippen LogP contribution in [0.3, 0.4) is 0 Å². The minimum absolute atomic E-state index is 0.0217. The molecule has 0 unspecified atom stereocenters. The van der Waals surface area contributed by atoms with Crippen LogP contribution in [-0.2, 0) is 0 Å². The summed E-state index contributed by atoms with van der Waals surface area (Å²) in [6, 6.07) is 0. The molecule has 0 spiro atoms. The molecule has 40 valence electrons. The van der Waals surface area contributed by atoms with Crippen LogP contribution in [0, 0.1) is 11.5 Å². The summed E-state index contributed by atoms with van der Waals surface area (Å²) >= 11 is 5.18. The van der Waals surface area contributed by atoms with Crippen LogP contribution in [0.5, 0.6) is 0 Å². The number of rotatable bonds is 0. The van der Waals surface area contributed by atoms with E-state index in [1.165, 1.54) is 0 Å². The molecule has 0 saturated carbocycles. The lowest BCUT2D eigenvalue weighted by atomic mass is 11.3. The molecule has 8 heavy (non-hydrogen) atoms. The Morgan fingerprint density at radius 3 is 2.75 bits per heavy atom. The summed E-state index contributed by atoms with van der Waals surface area (Å²) in [5, 5.41) is 17.8. The van der Waals surface area contributed by atoms with Crippen LogP contribution < -0.4 is 0 Å². The van der Waals surface area contributed by atoms with Gasteiger partial charge in [-0.1, -0.05) is 9.90 Å². The number of halogens is 1. The lowest BCUT2D eigenvalue weighted by molar-refractivity contribution is 0.733. The Hall–Kier alpha value is -1.15. The minimum Gasteiger partial charge on any atom is -0.169 e. The molecule has 0 N–H and O–H groups in total. The molecule has 1 aromatic rings. The van der Waals surface area contributed by atoms with E-state index in [-0.39, 0.29) is 5.28 Å². The van der Waals surface area contributed by atoms with Gasteiger partial charge in [-0.15, -0.1) is 5.10 Å². The first-order valence-corrected chi connectivity index (χ1v) is 2.06. The number of hydrogen-bond donors (Lipinski definition) is 0. The molecule has 1 rings (SSSR count). The van der Waals surface area contributed by atoms with Crippen molar-refractivity contribution in [3.63, 3.8) is 0 Å². The van der Waals surface area contributed by atoms with Gasteiger partial charge >= 0.3 is 0 Å². The van der Waals surface area contributed by atoms with Gasteiger partial charge in [0.05, 0.1) is 0 Å². The second-order valence-corrected chi connectivity index (χ2v) is 1.29. The van der Waals surface area contributed by atoms with Crippen molar-refractivity contribution in [3.05, 3.63) is 5.28 Å². The molecule has 0 aromatic carbocycles. The van der Waals surface area contributed by atoms with Gasteiger partial charge in [-0.05, 0) is 16.8 Å².